The predicted octanol–water partition coefficient (Wildman–Crippen LogP) is 4.47. The average Bonchev–Trinajstić information content (AvgIpc) is 3.59. The minimum atomic E-state index is -3.73. The lowest BCUT2D eigenvalue weighted by Crippen LogP contribution is -2.39. The van der Waals surface area contributed by atoms with E-state index in [1.165, 1.54) is 0 Å². The number of fused-ring (bicyclic) bond motifs is 1. The summed E-state index contributed by atoms with van der Waals surface area (Å²) in [6.45, 7) is 5.60. The minimum Gasteiger partial charge on any atom is -0.497 e. The molecule has 228 valence electrons. The first-order valence-electron chi connectivity index (χ1n) is 14.4. The van der Waals surface area contributed by atoms with E-state index in [0.717, 1.165) is 36.1 Å². The van der Waals surface area contributed by atoms with Crippen LogP contribution in [0.1, 0.15) is 42.9 Å². The van der Waals surface area contributed by atoms with Crippen molar-refractivity contribution in [1.29, 1.82) is 0 Å². The molecule has 0 amide bonds. The van der Waals surface area contributed by atoms with Crippen molar-refractivity contribution in [2.45, 2.75) is 56.5 Å². The van der Waals surface area contributed by atoms with E-state index in [4.69, 9.17) is 21.1 Å². The Balaban J connectivity index is 1.11. The normalized spacial score (nSPS) is 18.4. The lowest BCUT2D eigenvalue weighted by molar-refractivity contribution is 0.218. The fourth-order valence-corrected chi connectivity index (χ4v) is 8.68. The average molecular weight is 627 g/mol. The molecular weight excluding hydrogens is 592 g/mol. The van der Waals surface area contributed by atoms with Gasteiger partial charge in [0.1, 0.15) is 18.2 Å². The van der Waals surface area contributed by atoms with Crippen molar-refractivity contribution in [3.8, 4) is 11.8 Å². The van der Waals surface area contributed by atoms with Crippen LogP contribution in [0.4, 0.5) is 5.82 Å². The van der Waals surface area contributed by atoms with Gasteiger partial charge in [-0.3, -0.25) is 4.57 Å². The summed E-state index contributed by atoms with van der Waals surface area (Å²) in [5.41, 5.74) is 2.77. The van der Waals surface area contributed by atoms with Crippen molar-refractivity contribution in [3.63, 3.8) is 0 Å². The first kappa shape index (κ1) is 29.5. The largest absolute Gasteiger partial charge is 0.497 e. The van der Waals surface area contributed by atoms with Crippen LogP contribution < -0.4 is 20.1 Å². The van der Waals surface area contributed by atoms with Gasteiger partial charge in [0.05, 0.1) is 29.1 Å². The number of imidazole rings is 1. The maximum Gasteiger partial charge on any atom is 0.326 e. The summed E-state index contributed by atoms with van der Waals surface area (Å²) >= 11 is 6.10. The number of methoxy groups -OCH3 is 1. The first-order valence-corrected chi connectivity index (χ1v) is 16.2. The van der Waals surface area contributed by atoms with E-state index in [9.17, 15) is 13.2 Å². The van der Waals surface area contributed by atoms with E-state index < -0.39 is 10.0 Å². The lowest BCUT2D eigenvalue weighted by Gasteiger charge is -2.33. The van der Waals surface area contributed by atoms with E-state index in [-0.39, 0.29) is 30.4 Å². The van der Waals surface area contributed by atoms with Crippen LogP contribution in [0, 0.1) is 13.8 Å². The van der Waals surface area contributed by atoms with Crippen molar-refractivity contribution in [3.05, 3.63) is 69.2 Å². The van der Waals surface area contributed by atoms with Gasteiger partial charge in [0.25, 0.3) is 0 Å². The maximum atomic E-state index is 13.7. The third-order valence-corrected chi connectivity index (χ3v) is 10.9. The molecule has 1 N–H and O–H groups in total. The molecule has 0 radical (unpaired) electrons. The number of aromatic nitrogens is 4. The molecule has 0 unspecified atom stereocenters. The van der Waals surface area contributed by atoms with Crippen molar-refractivity contribution in [2.24, 2.45) is 0 Å². The van der Waals surface area contributed by atoms with Crippen LogP contribution in [0.2, 0.25) is 5.02 Å². The van der Waals surface area contributed by atoms with Gasteiger partial charge in [0.15, 0.2) is 0 Å². The van der Waals surface area contributed by atoms with Crippen LogP contribution in [-0.2, 0) is 10.0 Å². The Labute approximate surface area is 255 Å². The van der Waals surface area contributed by atoms with E-state index in [0.29, 0.717) is 52.8 Å². The Morgan fingerprint density at radius 1 is 1.05 bits per heavy atom. The molecule has 0 aliphatic carbocycles. The van der Waals surface area contributed by atoms with Gasteiger partial charge in [0, 0.05) is 36.9 Å². The molecule has 2 aliphatic rings. The summed E-state index contributed by atoms with van der Waals surface area (Å²) in [7, 11) is -2.16. The fraction of sp³-hybridized carbons (Fsp3) is 0.433. The monoisotopic (exact) mass is 626 g/mol. The van der Waals surface area contributed by atoms with E-state index in [1.807, 2.05) is 16.7 Å². The SMILES string of the molecule is COc1cc(C)c(S(=O)(=O)N2CCC[C@H]2COc2nccc(N3CCC(n4c(=O)[nH]c5cc(Cl)ccc54)CC3)n2)c(C)c1. The number of aryl methyl sites for hydroxylation is 2. The van der Waals surface area contributed by atoms with E-state index >= 15 is 0 Å². The highest BCUT2D eigenvalue weighted by Gasteiger charge is 2.37. The Morgan fingerprint density at radius 2 is 1.79 bits per heavy atom. The molecule has 13 heteroatoms. The number of benzene rings is 2. The molecule has 2 saturated heterocycles. The summed E-state index contributed by atoms with van der Waals surface area (Å²) in [5, 5.41) is 0.585. The highest BCUT2D eigenvalue weighted by molar-refractivity contribution is 7.89. The molecule has 0 saturated carbocycles. The highest BCUT2D eigenvalue weighted by Crippen LogP contribution is 2.33. The number of aromatic amines is 1. The Hall–Kier alpha value is -3.61. The van der Waals surface area contributed by atoms with Crippen LogP contribution >= 0.6 is 11.6 Å². The second-order valence-electron chi connectivity index (χ2n) is 11.2. The zero-order chi connectivity index (χ0) is 30.3. The van der Waals surface area contributed by atoms with Crippen molar-refractivity contribution in [1.82, 2.24) is 23.8 Å². The number of anilines is 1. The zero-order valence-corrected chi connectivity index (χ0v) is 26.0. The number of H-pyrrole nitrogens is 1. The van der Waals surface area contributed by atoms with Crippen molar-refractivity contribution in [2.75, 3.05) is 38.3 Å². The van der Waals surface area contributed by atoms with Crippen LogP contribution in [0.15, 0.2) is 52.3 Å². The summed E-state index contributed by atoms with van der Waals surface area (Å²) < 4.78 is 42.2. The zero-order valence-electron chi connectivity index (χ0n) is 24.4. The van der Waals surface area contributed by atoms with Crippen molar-refractivity contribution >= 4 is 38.5 Å². The molecule has 43 heavy (non-hydrogen) atoms. The number of nitrogens with zero attached hydrogens (tertiary/aromatic N) is 5. The van der Waals surface area contributed by atoms with Gasteiger partial charge in [-0.05, 0) is 87.1 Å². The molecule has 1 atom stereocenters. The molecule has 4 aromatic rings. The van der Waals surface area contributed by atoms with Gasteiger partial charge in [-0.1, -0.05) is 11.6 Å². The molecule has 0 spiro atoms. The number of rotatable bonds is 8. The van der Waals surface area contributed by atoms with Gasteiger partial charge >= 0.3 is 11.7 Å². The van der Waals surface area contributed by atoms with Gasteiger partial charge in [0.2, 0.25) is 10.0 Å². The highest BCUT2D eigenvalue weighted by atomic mass is 35.5. The summed E-state index contributed by atoms with van der Waals surface area (Å²) in [6.07, 6.45) is 4.65. The van der Waals surface area contributed by atoms with Gasteiger partial charge in [-0.15, -0.1) is 0 Å². The minimum absolute atomic E-state index is 0.0597. The van der Waals surface area contributed by atoms with Gasteiger partial charge < -0.3 is 19.4 Å². The molecule has 6 rings (SSSR count). The number of nitrogens with one attached hydrogen (secondary N) is 1. The van der Waals surface area contributed by atoms with E-state index in [2.05, 4.69) is 19.9 Å². The maximum absolute atomic E-state index is 13.7. The number of halogens is 1. The summed E-state index contributed by atoms with van der Waals surface area (Å²) in [5.74, 6) is 1.37. The molecule has 2 aromatic heterocycles. The third-order valence-electron chi connectivity index (χ3n) is 8.42. The Morgan fingerprint density at radius 3 is 2.51 bits per heavy atom. The standard InChI is InChI=1S/C30H35ClN6O5S/c1-19-15-24(41-3)16-20(2)28(19)43(39,40)36-12-4-5-23(36)18-42-29-32-11-8-27(34-29)35-13-9-22(10-14-35)37-26-7-6-21(31)17-25(26)33-30(37)38/h6-8,11,15-17,22-23H,4-5,9-10,12-14,18H2,1-3H3,(H,33,38)/t23-/m0/s1. The first-order chi connectivity index (χ1) is 20.7. The molecule has 2 aliphatic heterocycles. The second-order valence-corrected chi connectivity index (χ2v) is 13.5. The topological polar surface area (TPSA) is 123 Å². The quantitative estimate of drug-likeness (QED) is 0.304. The number of ether oxygens (including phenoxy) is 2. The molecule has 11 nitrogen and oxygen atoms in total. The van der Waals surface area contributed by atoms with Crippen LogP contribution in [0.25, 0.3) is 11.0 Å². The number of sulfonamides is 1. The number of hydrogen-bond donors (Lipinski definition) is 1. The number of piperidine rings is 1. The lowest BCUT2D eigenvalue weighted by atomic mass is 10.0. The summed E-state index contributed by atoms with van der Waals surface area (Å²) in [6, 6.07) is 10.7. The molecule has 2 aromatic carbocycles. The molecule has 0 bridgehead atoms. The third kappa shape index (κ3) is 5.71. The van der Waals surface area contributed by atoms with Crippen LogP contribution in [-0.4, -0.2) is 71.6 Å². The van der Waals surface area contributed by atoms with Crippen LogP contribution in [0.3, 0.4) is 0 Å². The molecule has 4 heterocycles. The van der Waals surface area contributed by atoms with Gasteiger partial charge in [-0.25, -0.2) is 18.2 Å². The molecular formula is C30H35ClN6O5S. The second kappa shape index (κ2) is 11.8. The van der Waals surface area contributed by atoms with E-state index in [1.54, 1.807) is 55.7 Å². The van der Waals surface area contributed by atoms with Gasteiger partial charge in [-0.2, -0.15) is 9.29 Å². The van der Waals surface area contributed by atoms with Crippen LogP contribution in [0.5, 0.6) is 11.8 Å². The Kier molecular flexibility index (Phi) is 8.10. The fourth-order valence-electron chi connectivity index (χ4n) is 6.41. The molecule has 2 fully saturated rings. The number of hydrogen-bond acceptors (Lipinski definition) is 8. The summed E-state index contributed by atoms with van der Waals surface area (Å²) in [4.78, 5) is 27.0. The van der Waals surface area contributed by atoms with Crippen molar-refractivity contribution < 1.29 is 17.9 Å². The Bertz CT molecular complexity index is 1790. The smallest absolute Gasteiger partial charge is 0.326 e. The predicted molar refractivity (Wildman–Crippen MR) is 165 cm³/mol.